The molecule has 0 bridgehead atoms. The van der Waals surface area contributed by atoms with Crippen molar-refractivity contribution >= 4 is 21.9 Å². The monoisotopic (exact) mass is 345 g/mol. The fourth-order valence-electron chi connectivity index (χ4n) is 1.89. The Balaban J connectivity index is 2.02. The second-order valence-electron chi connectivity index (χ2n) is 4.70. The summed E-state index contributed by atoms with van der Waals surface area (Å²) in [5, 5.41) is 3.20. The minimum absolute atomic E-state index is 0.376. The summed E-state index contributed by atoms with van der Waals surface area (Å²) in [6.45, 7) is 0. The lowest BCUT2D eigenvalue weighted by atomic mass is 10.2. The van der Waals surface area contributed by atoms with Gasteiger partial charge >= 0.3 is 6.18 Å². The number of imidazole rings is 1. The highest BCUT2D eigenvalue weighted by molar-refractivity contribution is 9.10. The van der Waals surface area contributed by atoms with Crippen LogP contribution in [0, 0.1) is 0 Å². The van der Waals surface area contributed by atoms with Crippen LogP contribution in [0.4, 0.5) is 19.1 Å². The van der Waals surface area contributed by atoms with Gasteiger partial charge in [0, 0.05) is 22.9 Å². The van der Waals surface area contributed by atoms with E-state index in [1.807, 2.05) is 0 Å². The highest BCUT2D eigenvalue weighted by Crippen LogP contribution is 2.34. The number of nitrogens with one attached hydrogen (secondary N) is 1. The minimum Gasteiger partial charge on any atom is -0.353 e. The van der Waals surface area contributed by atoms with Gasteiger partial charge in [0.15, 0.2) is 0 Å². The number of anilines is 1. The normalized spacial score (nSPS) is 15.4. The Kier molecular flexibility index (Phi) is 3.24. The van der Waals surface area contributed by atoms with Crippen molar-refractivity contribution < 1.29 is 13.2 Å². The van der Waals surface area contributed by atoms with E-state index in [1.165, 1.54) is 6.07 Å². The molecule has 0 atom stereocenters. The number of hydrogen-bond donors (Lipinski definition) is 1. The lowest BCUT2D eigenvalue weighted by molar-refractivity contribution is -0.137. The molecule has 0 saturated heterocycles. The number of rotatable bonds is 3. The van der Waals surface area contributed by atoms with Crippen LogP contribution in [-0.4, -0.2) is 15.6 Å². The van der Waals surface area contributed by atoms with Crippen molar-refractivity contribution in [2.24, 2.45) is 0 Å². The Morgan fingerprint density at radius 3 is 2.70 bits per heavy atom. The van der Waals surface area contributed by atoms with E-state index < -0.39 is 11.7 Å². The molecule has 0 aliphatic heterocycles. The molecule has 1 saturated carbocycles. The molecule has 0 unspecified atom stereocenters. The lowest BCUT2D eigenvalue weighted by Gasteiger charge is -2.14. The van der Waals surface area contributed by atoms with Gasteiger partial charge in [0.2, 0.25) is 5.95 Å². The first-order valence-corrected chi connectivity index (χ1v) is 6.91. The molecule has 1 aliphatic rings. The molecule has 1 N–H and O–H groups in total. The molecule has 1 aliphatic carbocycles. The molecule has 1 aromatic carbocycles. The van der Waals surface area contributed by atoms with Gasteiger partial charge in [0.05, 0.1) is 11.3 Å². The first kappa shape index (κ1) is 13.5. The maximum absolute atomic E-state index is 12.8. The molecule has 0 spiro atoms. The maximum Gasteiger partial charge on any atom is 0.416 e. The molecule has 3 nitrogen and oxygen atoms in total. The van der Waals surface area contributed by atoms with Crippen molar-refractivity contribution in [1.82, 2.24) is 9.55 Å². The van der Waals surface area contributed by atoms with Gasteiger partial charge in [-0.1, -0.05) is 0 Å². The second-order valence-corrected chi connectivity index (χ2v) is 5.56. The Labute approximate surface area is 121 Å². The average Bonchev–Trinajstić information content (AvgIpc) is 3.06. The molecular formula is C13H11BrF3N3. The molecule has 20 heavy (non-hydrogen) atoms. The summed E-state index contributed by atoms with van der Waals surface area (Å²) in [6.07, 6.45) is 0.982. The third-order valence-corrected chi connectivity index (χ3v) is 3.75. The number of alkyl halides is 3. The predicted molar refractivity (Wildman–Crippen MR) is 72.9 cm³/mol. The topological polar surface area (TPSA) is 29.9 Å². The molecule has 1 fully saturated rings. The van der Waals surface area contributed by atoms with Gasteiger partial charge in [-0.3, -0.25) is 4.57 Å². The van der Waals surface area contributed by atoms with Crippen LogP contribution in [0.1, 0.15) is 18.4 Å². The van der Waals surface area contributed by atoms with E-state index in [-0.39, 0.29) is 0 Å². The molecular weight excluding hydrogens is 335 g/mol. The summed E-state index contributed by atoms with van der Waals surface area (Å²) in [5.41, 5.74) is -0.262. The third-order valence-electron chi connectivity index (χ3n) is 3.08. The summed E-state index contributed by atoms with van der Waals surface area (Å²) in [7, 11) is 0. The zero-order chi connectivity index (χ0) is 14.3. The predicted octanol–water partition coefficient (Wildman–Crippen LogP) is 4.23. The van der Waals surface area contributed by atoms with Crippen LogP contribution in [0.15, 0.2) is 35.1 Å². The van der Waals surface area contributed by atoms with Crippen molar-refractivity contribution in [3.8, 4) is 5.69 Å². The Bertz CT molecular complexity index is 632. The van der Waals surface area contributed by atoms with Crippen LogP contribution in [0.3, 0.4) is 0 Å². The van der Waals surface area contributed by atoms with Gasteiger partial charge in [0.25, 0.3) is 0 Å². The molecule has 3 rings (SSSR count). The quantitative estimate of drug-likeness (QED) is 0.902. The minimum atomic E-state index is -4.36. The SMILES string of the molecule is FC(F)(F)c1ccc(Br)c(-n2ccnc2NC2CC2)c1. The van der Waals surface area contributed by atoms with E-state index in [9.17, 15) is 13.2 Å². The summed E-state index contributed by atoms with van der Waals surface area (Å²) < 4.78 is 40.6. The van der Waals surface area contributed by atoms with Crippen LogP contribution in [-0.2, 0) is 6.18 Å². The van der Waals surface area contributed by atoms with Crippen LogP contribution in [0.2, 0.25) is 0 Å². The van der Waals surface area contributed by atoms with E-state index >= 15 is 0 Å². The fraction of sp³-hybridized carbons (Fsp3) is 0.308. The summed E-state index contributed by atoms with van der Waals surface area (Å²) >= 11 is 3.29. The standard InChI is InChI=1S/C13H11BrF3N3/c14-10-4-1-8(13(15,16)17)7-11(10)20-6-5-18-12(20)19-9-2-3-9/h1,4-7,9H,2-3H2,(H,18,19). The summed E-state index contributed by atoms with van der Waals surface area (Å²) in [5.74, 6) is 0.563. The zero-order valence-electron chi connectivity index (χ0n) is 10.3. The highest BCUT2D eigenvalue weighted by atomic mass is 79.9. The number of benzene rings is 1. The first-order chi connectivity index (χ1) is 9.45. The van der Waals surface area contributed by atoms with Gasteiger partial charge < -0.3 is 5.32 Å². The molecule has 2 aromatic rings. The molecule has 0 amide bonds. The molecule has 7 heteroatoms. The largest absolute Gasteiger partial charge is 0.416 e. The van der Waals surface area contributed by atoms with Crippen molar-refractivity contribution in [3.05, 3.63) is 40.6 Å². The number of hydrogen-bond acceptors (Lipinski definition) is 2. The lowest BCUT2D eigenvalue weighted by Crippen LogP contribution is -2.10. The van der Waals surface area contributed by atoms with Gasteiger partial charge in [-0.15, -0.1) is 0 Å². The molecule has 1 aromatic heterocycles. The van der Waals surface area contributed by atoms with Crippen LogP contribution < -0.4 is 5.32 Å². The van der Waals surface area contributed by atoms with E-state index in [0.29, 0.717) is 22.2 Å². The van der Waals surface area contributed by atoms with Crippen molar-refractivity contribution in [3.63, 3.8) is 0 Å². The zero-order valence-corrected chi connectivity index (χ0v) is 11.9. The highest BCUT2D eigenvalue weighted by Gasteiger charge is 2.31. The van der Waals surface area contributed by atoms with Crippen molar-refractivity contribution in [2.75, 3.05) is 5.32 Å². The van der Waals surface area contributed by atoms with Crippen molar-refractivity contribution in [2.45, 2.75) is 25.1 Å². The van der Waals surface area contributed by atoms with Gasteiger partial charge in [-0.2, -0.15) is 13.2 Å². The van der Waals surface area contributed by atoms with E-state index in [4.69, 9.17) is 0 Å². The Morgan fingerprint density at radius 1 is 1.30 bits per heavy atom. The van der Waals surface area contributed by atoms with Gasteiger partial charge in [-0.25, -0.2) is 4.98 Å². The summed E-state index contributed by atoms with van der Waals surface area (Å²) in [6, 6.07) is 3.95. The van der Waals surface area contributed by atoms with E-state index in [1.54, 1.807) is 17.0 Å². The van der Waals surface area contributed by atoms with E-state index in [2.05, 4.69) is 26.2 Å². The number of aromatic nitrogens is 2. The summed E-state index contributed by atoms with van der Waals surface area (Å²) in [4.78, 5) is 4.16. The number of nitrogens with zero attached hydrogens (tertiary/aromatic N) is 2. The maximum atomic E-state index is 12.8. The van der Waals surface area contributed by atoms with Gasteiger partial charge in [0.1, 0.15) is 0 Å². The molecule has 1 heterocycles. The molecule has 106 valence electrons. The Hall–Kier alpha value is -1.50. The third kappa shape index (κ3) is 2.67. The van der Waals surface area contributed by atoms with Crippen molar-refractivity contribution in [1.29, 1.82) is 0 Å². The van der Waals surface area contributed by atoms with E-state index in [0.717, 1.165) is 25.0 Å². The second kappa shape index (κ2) is 4.80. The molecule has 0 radical (unpaired) electrons. The van der Waals surface area contributed by atoms with Crippen LogP contribution in [0.25, 0.3) is 5.69 Å². The van der Waals surface area contributed by atoms with Crippen LogP contribution in [0.5, 0.6) is 0 Å². The average molecular weight is 346 g/mol. The smallest absolute Gasteiger partial charge is 0.353 e. The van der Waals surface area contributed by atoms with Crippen LogP contribution >= 0.6 is 15.9 Å². The van der Waals surface area contributed by atoms with Gasteiger partial charge in [-0.05, 0) is 47.0 Å². The first-order valence-electron chi connectivity index (χ1n) is 6.12. The fourth-order valence-corrected chi connectivity index (χ4v) is 2.33. The number of halogens is 4. The Morgan fingerprint density at radius 2 is 2.05 bits per heavy atom.